The van der Waals surface area contributed by atoms with Crippen LogP contribution in [-0.2, 0) is 16.1 Å². The highest BCUT2D eigenvalue weighted by atomic mass is 19.1. The molecule has 1 heterocycles. The van der Waals surface area contributed by atoms with E-state index in [4.69, 9.17) is 9.15 Å². The van der Waals surface area contributed by atoms with E-state index in [1.54, 1.807) is 36.4 Å². The van der Waals surface area contributed by atoms with Crippen molar-refractivity contribution in [2.45, 2.75) is 6.54 Å². The maximum atomic E-state index is 13.5. The molecule has 0 fully saturated rings. The first-order chi connectivity index (χ1) is 14.0. The lowest BCUT2D eigenvalue weighted by Gasteiger charge is -2.10. The first kappa shape index (κ1) is 19.8. The second-order valence-corrected chi connectivity index (χ2v) is 5.92. The zero-order valence-electron chi connectivity index (χ0n) is 15.2. The standard InChI is InChI=1S/C21H17FN2O5/c22-16-8-3-1-6-14(16)12-23-19(25)13-29-21(27)15-7-2-4-9-17(15)24-20(26)18-10-5-11-28-18/h1-11H,12-13H2,(H,23,25)(H,24,26). The van der Waals surface area contributed by atoms with Crippen LogP contribution in [0.3, 0.4) is 0 Å². The Morgan fingerprint density at radius 2 is 1.72 bits per heavy atom. The minimum absolute atomic E-state index is 0.0289. The number of amides is 2. The van der Waals surface area contributed by atoms with E-state index < -0.39 is 30.2 Å². The number of esters is 1. The summed E-state index contributed by atoms with van der Waals surface area (Å²) in [5, 5.41) is 5.03. The number of rotatable bonds is 7. The lowest BCUT2D eigenvalue weighted by atomic mass is 10.1. The largest absolute Gasteiger partial charge is 0.459 e. The van der Waals surface area contributed by atoms with E-state index in [0.29, 0.717) is 5.56 Å². The van der Waals surface area contributed by atoms with Gasteiger partial charge in [-0.25, -0.2) is 9.18 Å². The van der Waals surface area contributed by atoms with Crippen LogP contribution in [-0.4, -0.2) is 24.4 Å². The average Bonchev–Trinajstić information content (AvgIpc) is 3.27. The van der Waals surface area contributed by atoms with E-state index in [-0.39, 0.29) is 23.6 Å². The van der Waals surface area contributed by atoms with Gasteiger partial charge in [-0.2, -0.15) is 0 Å². The van der Waals surface area contributed by atoms with Crippen LogP contribution < -0.4 is 10.6 Å². The normalized spacial score (nSPS) is 10.2. The van der Waals surface area contributed by atoms with Crippen LogP contribution in [0.2, 0.25) is 0 Å². The molecule has 0 saturated heterocycles. The molecular formula is C21H17FN2O5. The van der Waals surface area contributed by atoms with Crippen molar-refractivity contribution in [3.8, 4) is 0 Å². The summed E-state index contributed by atoms with van der Waals surface area (Å²) in [5.41, 5.74) is 0.609. The molecule has 8 heteroatoms. The summed E-state index contributed by atoms with van der Waals surface area (Å²) in [5.74, 6) is -2.26. The average molecular weight is 396 g/mol. The molecule has 0 aliphatic carbocycles. The van der Waals surface area contributed by atoms with Crippen LogP contribution in [0.5, 0.6) is 0 Å². The van der Waals surface area contributed by atoms with Gasteiger partial charge in [-0.15, -0.1) is 0 Å². The third-order valence-corrected chi connectivity index (χ3v) is 3.91. The molecule has 3 rings (SSSR count). The van der Waals surface area contributed by atoms with Gasteiger partial charge < -0.3 is 19.8 Å². The fraction of sp³-hybridized carbons (Fsp3) is 0.0952. The zero-order valence-corrected chi connectivity index (χ0v) is 15.2. The predicted octanol–water partition coefficient (Wildman–Crippen LogP) is 3.14. The SMILES string of the molecule is O=C(COC(=O)c1ccccc1NC(=O)c1ccco1)NCc1ccccc1F. The lowest BCUT2D eigenvalue weighted by molar-refractivity contribution is -0.124. The van der Waals surface area contributed by atoms with Gasteiger partial charge >= 0.3 is 5.97 Å². The molecule has 2 aromatic carbocycles. The van der Waals surface area contributed by atoms with Crippen molar-refractivity contribution in [1.29, 1.82) is 0 Å². The Bertz CT molecular complexity index is 1020. The summed E-state index contributed by atoms with van der Waals surface area (Å²) in [7, 11) is 0. The molecule has 29 heavy (non-hydrogen) atoms. The molecule has 0 radical (unpaired) electrons. The highest BCUT2D eigenvalue weighted by Crippen LogP contribution is 2.17. The molecule has 0 unspecified atom stereocenters. The van der Waals surface area contributed by atoms with Crippen molar-refractivity contribution < 1.29 is 27.9 Å². The molecule has 0 spiro atoms. The summed E-state index contributed by atoms with van der Waals surface area (Å²) in [6, 6.07) is 15.3. The second kappa shape index (κ2) is 9.32. The fourth-order valence-electron chi connectivity index (χ4n) is 2.46. The molecule has 148 valence electrons. The number of carbonyl (C=O) groups is 3. The van der Waals surface area contributed by atoms with Crippen molar-refractivity contribution in [3.63, 3.8) is 0 Å². The van der Waals surface area contributed by atoms with Crippen LogP contribution >= 0.6 is 0 Å². The summed E-state index contributed by atoms with van der Waals surface area (Å²) >= 11 is 0. The molecule has 2 amide bonds. The Morgan fingerprint density at radius 3 is 2.48 bits per heavy atom. The smallest absolute Gasteiger partial charge is 0.340 e. The highest BCUT2D eigenvalue weighted by Gasteiger charge is 2.17. The van der Waals surface area contributed by atoms with Crippen LogP contribution in [0, 0.1) is 5.82 Å². The molecule has 0 aliphatic heterocycles. The Hall–Kier alpha value is -3.94. The van der Waals surface area contributed by atoms with E-state index >= 15 is 0 Å². The number of hydrogen-bond acceptors (Lipinski definition) is 5. The highest BCUT2D eigenvalue weighted by molar-refractivity contribution is 6.06. The maximum absolute atomic E-state index is 13.5. The van der Waals surface area contributed by atoms with Gasteiger partial charge in [0.1, 0.15) is 5.82 Å². The number of anilines is 1. The van der Waals surface area contributed by atoms with Crippen molar-refractivity contribution in [2.75, 3.05) is 11.9 Å². The first-order valence-electron chi connectivity index (χ1n) is 8.65. The van der Waals surface area contributed by atoms with Crippen molar-refractivity contribution in [1.82, 2.24) is 5.32 Å². The van der Waals surface area contributed by atoms with Crippen molar-refractivity contribution in [3.05, 3.63) is 89.6 Å². The number of para-hydroxylation sites is 1. The molecule has 0 saturated carbocycles. The maximum Gasteiger partial charge on any atom is 0.340 e. The number of nitrogens with one attached hydrogen (secondary N) is 2. The first-order valence-corrected chi connectivity index (χ1v) is 8.65. The van der Waals surface area contributed by atoms with Gasteiger partial charge in [-0.3, -0.25) is 9.59 Å². The Balaban J connectivity index is 1.56. The quantitative estimate of drug-likeness (QED) is 0.598. The summed E-state index contributed by atoms with van der Waals surface area (Å²) in [6.07, 6.45) is 1.36. The number of ether oxygens (including phenoxy) is 1. The van der Waals surface area contributed by atoms with Crippen LogP contribution in [0.1, 0.15) is 26.5 Å². The molecule has 3 aromatic rings. The minimum Gasteiger partial charge on any atom is -0.459 e. The number of hydrogen-bond donors (Lipinski definition) is 2. The molecule has 0 atom stereocenters. The summed E-state index contributed by atoms with van der Waals surface area (Å²) < 4.78 is 23.6. The predicted molar refractivity (Wildman–Crippen MR) is 102 cm³/mol. The third kappa shape index (κ3) is 5.29. The molecular weight excluding hydrogens is 379 g/mol. The van der Waals surface area contributed by atoms with E-state index in [1.807, 2.05) is 0 Å². The van der Waals surface area contributed by atoms with Crippen LogP contribution in [0.25, 0.3) is 0 Å². The van der Waals surface area contributed by atoms with Gasteiger partial charge in [-0.05, 0) is 30.3 Å². The van der Waals surface area contributed by atoms with E-state index in [1.165, 1.54) is 30.5 Å². The van der Waals surface area contributed by atoms with Crippen LogP contribution in [0.4, 0.5) is 10.1 Å². The summed E-state index contributed by atoms with van der Waals surface area (Å²) in [6.45, 7) is -0.577. The zero-order chi connectivity index (χ0) is 20.6. The molecule has 7 nitrogen and oxygen atoms in total. The van der Waals surface area contributed by atoms with E-state index in [0.717, 1.165) is 0 Å². The fourth-order valence-corrected chi connectivity index (χ4v) is 2.46. The van der Waals surface area contributed by atoms with Crippen molar-refractivity contribution in [2.24, 2.45) is 0 Å². The molecule has 1 aromatic heterocycles. The second-order valence-electron chi connectivity index (χ2n) is 5.92. The minimum atomic E-state index is -0.790. The van der Waals surface area contributed by atoms with Gasteiger partial charge in [-0.1, -0.05) is 30.3 Å². The Morgan fingerprint density at radius 1 is 0.966 bits per heavy atom. The lowest BCUT2D eigenvalue weighted by Crippen LogP contribution is -2.29. The van der Waals surface area contributed by atoms with Crippen molar-refractivity contribution >= 4 is 23.5 Å². The topological polar surface area (TPSA) is 97.6 Å². The summed E-state index contributed by atoms with van der Waals surface area (Å²) in [4.78, 5) is 36.3. The van der Waals surface area contributed by atoms with Crippen LogP contribution in [0.15, 0.2) is 71.3 Å². The number of furan rings is 1. The van der Waals surface area contributed by atoms with E-state index in [9.17, 15) is 18.8 Å². The molecule has 0 bridgehead atoms. The molecule has 2 N–H and O–H groups in total. The van der Waals surface area contributed by atoms with E-state index in [2.05, 4.69) is 10.6 Å². The molecule has 0 aliphatic rings. The van der Waals surface area contributed by atoms with Gasteiger partial charge in [0.15, 0.2) is 12.4 Å². The van der Waals surface area contributed by atoms with Gasteiger partial charge in [0.2, 0.25) is 0 Å². The van der Waals surface area contributed by atoms with Gasteiger partial charge in [0.05, 0.1) is 17.5 Å². The Kier molecular flexibility index (Phi) is 6.36. The number of halogens is 1. The van der Waals surface area contributed by atoms with Gasteiger partial charge in [0, 0.05) is 12.1 Å². The van der Waals surface area contributed by atoms with Gasteiger partial charge in [0.25, 0.3) is 11.8 Å². The Labute approximate surface area is 165 Å². The number of benzene rings is 2. The number of carbonyl (C=O) groups excluding carboxylic acids is 3. The third-order valence-electron chi connectivity index (χ3n) is 3.91. The monoisotopic (exact) mass is 396 g/mol.